The highest BCUT2D eigenvalue weighted by atomic mass is 19.1. The van der Waals surface area contributed by atoms with Gasteiger partial charge in [0, 0.05) is 22.1 Å². The van der Waals surface area contributed by atoms with Gasteiger partial charge in [-0.15, -0.1) is 0 Å². The zero-order valence-corrected chi connectivity index (χ0v) is 19.6. The van der Waals surface area contributed by atoms with Gasteiger partial charge in [-0.3, -0.25) is 0 Å². The fourth-order valence-electron chi connectivity index (χ4n) is 4.52. The van der Waals surface area contributed by atoms with Crippen molar-refractivity contribution in [2.45, 2.75) is 26.7 Å². The first kappa shape index (κ1) is 22.0. The third kappa shape index (κ3) is 4.24. The molecule has 0 N–H and O–H groups in total. The summed E-state index contributed by atoms with van der Waals surface area (Å²) in [6, 6.07) is 23.2. The number of halogens is 1. The molecular weight excluding hydrogens is 425 g/mol. The molecule has 0 unspecified atom stereocenters. The Morgan fingerprint density at radius 1 is 0.941 bits per heavy atom. The summed E-state index contributed by atoms with van der Waals surface area (Å²) in [7, 11) is 1.42. The van der Waals surface area contributed by atoms with Crippen molar-refractivity contribution in [1.29, 1.82) is 0 Å². The molecule has 3 aromatic carbocycles. The SMILES string of the molecule is COC(=O)/C(C)=C(\c1ccc2ccc(-c3ccc(-c4cc(C)ccc4F)cc3)nc2c1)C1CC1. The van der Waals surface area contributed by atoms with Gasteiger partial charge in [-0.1, -0.05) is 54.1 Å². The molecule has 0 radical (unpaired) electrons. The third-order valence-corrected chi connectivity index (χ3v) is 6.50. The van der Waals surface area contributed by atoms with E-state index in [0.29, 0.717) is 17.1 Å². The Morgan fingerprint density at radius 3 is 2.35 bits per heavy atom. The van der Waals surface area contributed by atoms with Gasteiger partial charge in [-0.25, -0.2) is 14.2 Å². The topological polar surface area (TPSA) is 39.2 Å². The van der Waals surface area contributed by atoms with E-state index in [2.05, 4.69) is 24.3 Å². The number of hydrogen-bond acceptors (Lipinski definition) is 3. The van der Waals surface area contributed by atoms with Crippen LogP contribution in [0.2, 0.25) is 0 Å². The van der Waals surface area contributed by atoms with E-state index in [1.54, 1.807) is 6.07 Å². The first-order valence-electron chi connectivity index (χ1n) is 11.5. The van der Waals surface area contributed by atoms with Gasteiger partial charge in [0.2, 0.25) is 0 Å². The number of carbonyl (C=O) groups is 1. The molecule has 1 aromatic heterocycles. The molecule has 1 aliphatic rings. The van der Waals surface area contributed by atoms with Gasteiger partial charge >= 0.3 is 5.97 Å². The Balaban J connectivity index is 1.52. The number of hydrogen-bond donors (Lipinski definition) is 0. The Hall–Kier alpha value is -3.79. The van der Waals surface area contributed by atoms with Crippen LogP contribution >= 0.6 is 0 Å². The lowest BCUT2D eigenvalue weighted by Gasteiger charge is -2.12. The van der Waals surface area contributed by atoms with E-state index in [1.807, 2.05) is 50.2 Å². The molecule has 34 heavy (non-hydrogen) atoms. The Bertz CT molecular complexity index is 1430. The van der Waals surface area contributed by atoms with E-state index in [1.165, 1.54) is 13.2 Å². The summed E-state index contributed by atoms with van der Waals surface area (Å²) in [5, 5.41) is 1.04. The first-order chi connectivity index (χ1) is 16.4. The van der Waals surface area contributed by atoms with Crippen molar-refractivity contribution in [3.05, 3.63) is 95.3 Å². The highest BCUT2D eigenvalue weighted by Crippen LogP contribution is 2.44. The third-order valence-electron chi connectivity index (χ3n) is 6.50. The number of allylic oxidation sites excluding steroid dienone is 1. The van der Waals surface area contributed by atoms with Gasteiger partial charge in [0.25, 0.3) is 0 Å². The van der Waals surface area contributed by atoms with Gasteiger partial charge in [0.15, 0.2) is 0 Å². The maximum absolute atomic E-state index is 14.3. The number of aromatic nitrogens is 1. The monoisotopic (exact) mass is 451 g/mol. The normalized spacial score (nSPS) is 14.1. The Labute approximate surface area is 198 Å². The van der Waals surface area contributed by atoms with Crippen LogP contribution in [0.15, 0.2) is 78.4 Å². The number of ether oxygens (including phenoxy) is 1. The summed E-state index contributed by atoms with van der Waals surface area (Å²) in [4.78, 5) is 17.1. The highest BCUT2D eigenvalue weighted by Gasteiger charge is 2.30. The zero-order valence-electron chi connectivity index (χ0n) is 19.6. The Morgan fingerprint density at radius 2 is 1.65 bits per heavy atom. The molecule has 0 atom stereocenters. The molecule has 5 rings (SSSR count). The van der Waals surface area contributed by atoms with E-state index in [4.69, 9.17) is 9.72 Å². The lowest BCUT2D eigenvalue weighted by molar-refractivity contribution is -0.135. The van der Waals surface area contributed by atoms with Crippen molar-refractivity contribution in [3.63, 3.8) is 0 Å². The van der Waals surface area contributed by atoms with Gasteiger partial charge < -0.3 is 4.74 Å². The summed E-state index contributed by atoms with van der Waals surface area (Å²) in [5.41, 5.74) is 7.90. The van der Waals surface area contributed by atoms with Crippen LogP contribution < -0.4 is 0 Å². The summed E-state index contributed by atoms with van der Waals surface area (Å²) >= 11 is 0. The van der Waals surface area contributed by atoms with E-state index in [-0.39, 0.29) is 11.8 Å². The number of carbonyl (C=O) groups excluding carboxylic acids is 1. The molecule has 0 aliphatic heterocycles. The predicted octanol–water partition coefficient (Wildman–Crippen LogP) is 7.37. The van der Waals surface area contributed by atoms with Crippen LogP contribution in [0.4, 0.5) is 4.39 Å². The lowest BCUT2D eigenvalue weighted by Crippen LogP contribution is -2.06. The van der Waals surface area contributed by atoms with E-state index in [9.17, 15) is 9.18 Å². The van der Waals surface area contributed by atoms with Crippen molar-refractivity contribution < 1.29 is 13.9 Å². The van der Waals surface area contributed by atoms with E-state index < -0.39 is 0 Å². The van der Waals surface area contributed by atoms with Crippen molar-refractivity contribution in [3.8, 4) is 22.4 Å². The maximum atomic E-state index is 14.3. The number of fused-ring (bicyclic) bond motifs is 1. The fraction of sp³-hybridized carbons (Fsp3) is 0.200. The predicted molar refractivity (Wildman–Crippen MR) is 135 cm³/mol. The number of nitrogens with zero attached hydrogens (tertiary/aromatic N) is 1. The number of aryl methyl sites for hydroxylation is 1. The quantitative estimate of drug-likeness (QED) is 0.235. The van der Waals surface area contributed by atoms with Crippen LogP contribution in [-0.4, -0.2) is 18.1 Å². The molecule has 3 nitrogen and oxygen atoms in total. The average Bonchev–Trinajstić information content (AvgIpc) is 3.70. The lowest BCUT2D eigenvalue weighted by atomic mass is 9.95. The molecule has 4 heteroatoms. The summed E-state index contributed by atoms with van der Waals surface area (Å²) in [6.07, 6.45) is 2.17. The molecule has 1 fully saturated rings. The molecule has 1 saturated carbocycles. The molecular formula is C30H26FNO2. The zero-order chi connectivity index (χ0) is 23.8. The fourth-order valence-corrected chi connectivity index (χ4v) is 4.52. The van der Waals surface area contributed by atoms with Crippen LogP contribution in [0, 0.1) is 18.7 Å². The summed E-state index contributed by atoms with van der Waals surface area (Å²) in [6.45, 7) is 3.80. The molecule has 170 valence electrons. The average molecular weight is 452 g/mol. The van der Waals surface area contributed by atoms with Gasteiger partial charge in [-0.05, 0) is 73.6 Å². The highest BCUT2D eigenvalue weighted by molar-refractivity contribution is 5.99. The van der Waals surface area contributed by atoms with Crippen molar-refractivity contribution in [2.24, 2.45) is 5.92 Å². The van der Waals surface area contributed by atoms with Crippen molar-refractivity contribution in [1.82, 2.24) is 4.98 Å². The van der Waals surface area contributed by atoms with Gasteiger partial charge in [0.05, 0.1) is 18.3 Å². The first-order valence-corrected chi connectivity index (χ1v) is 11.5. The largest absolute Gasteiger partial charge is 0.466 e. The second-order valence-electron chi connectivity index (χ2n) is 8.97. The molecule has 1 aliphatic carbocycles. The van der Waals surface area contributed by atoms with Crippen LogP contribution in [0.1, 0.15) is 30.9 Å². The standard InChI is InChI=1S/C30H26FNO2/c1-18-4-14-26(31)25(16-18)20-5-7-21(8-6-20)27-15-13-22-9-12-24(17-28(22)32-27)29(23-10-11-23)19(2)30(33)34-3/h4-9,12-17,23H,10-11H2,1-3H3/b29-19-. The number of pyridine rings is 1. The van der Waals surface area contributed by atoms with Crippen molar-refractivity contribution in [2.75, 3.05) is 7.11 Å². The number of methoxy groups -OCH3 is 1. The number of rotatable bonds is 5. The summed E-state index contributed by atoms with van der Waals surface area (Å²) < 4.78 is 19.3. The molecule has 0 bridgehead atoms. The van der Waals surface area contributed by atoms with E-state index >= 15 is 0 Å². The second-order valence-corrected chi connectivity index (χ2v) is 8.97. The molecule has 0 amide bonds. The van der Waals surface area contributed by atoms with E-state index in [0.717, 1.165) is 57.3 Å². The van der Waals surface area contributed by atoms with Crippen molar-refractivity contribution >= 4 is 22.4 Å². The maximum Gasteiger partial charge on any atom is 0.333 e. The minimum Gasteiger partial charge on any atom is -0.466 e. The van der Waals surface area contributed by atoms with Gasteiger partial charge in [-0.2, -0.15) is 0 Å². The molecule has 0 spiro atoms. The van der Waals surface area contributed by atoms with Crippen LogP contribution in [0.5, 0.6) is 0 Å². The number of esters is 1. The summed E-state index contributed by atoms with van der Waals surface area (Å²) in [5.74, 6) is -0.111. The smallest absolute Gasteiger partial charge is 0.333 e. The molecule has 1 heterocycles. The number of benzene rings is 3. The van der Waals surface area contributed by atoms with Crippen LogP contribution in [0.25, 0.3) is 38.9 Å². The second kappa shape index (κ2) is 8.86. The minimum atomic E-state index is -0.283. The Kier molecular flexibility index (Phi) is 5.74. The van der Waals surface area contributed by atoms with Crippen LogP contribution in [0.3, 0.4) is 0 Å². The minimum absolute atomic E-state index is 0.225. The molecule has 4 aromatic rings. The molecule has 0 saturated heterocycles. The van der Waals surface area contributed by atoms with Gasteiger partial charge in [0.1, 0.15) is 5.82 Å². The van der Waals surface area contributed by atoms with Crippen LogP contribution in [-0.2, 0) is 9.53 Å².